The van der Waals surface area contributed by atoms with Gasteiger partial charge in [0.25, 0.3) is 0 Å². The van der Waals surface area contributed by atoms with E-state index in [4.69, 9.17) is 9.15 Å². The summed E-state index contributed by atoms with van der Waals surface area (Å²) in [6, 6.07) is 12.2. The van der Waals surface area contributed by atoms with Crippen LogP contribution in [-0.4, -0.2) is 24.4 Å². The van der Waals surface area contributed by atoms with Crippen LogP contribution in [0.15, 0.2) is 53.1 Å². The fourth-order valence-corrected chi connectivity index (χ4v) is 2.76. The van der Waals surface area contributed by atoms with Gasteiger partial charge in [-0.15, -0.1) is 0 Å². The Kier molecular flexibility index (Phi) is 4.52. The van der Waals surface area contributed by atoms with Gasteiger partial charge in [-0.3, -0.25) is 14.9 Å². The molecule has 1 aromatic heterocycles. The summed E-state index contributed by atoms with van der Waals surface area (Å²) in [6.45, 7) is 1.63. The highest BCUT2D eigenvalue weighted by molar-refractivity contribution is 6.15. The first-order chi connectivity index (χ1) is 12.0. The van der Waals surface area contributed by atoms with E-state index < -0.39 is 0 Å². The standard InChI is InChI=1S/C19H17NO5/c1-12(10-20(22)23)14-5-8-18-16(9-14)17(11-25-18)19(21)13-3-6-15(24-2)7-4-13/h3-9,11-12H,10H2,1-2H3. The quantitative estimate of drug-likeness (QED) is 0.384. The van der Waals surface area contributed by atoms with Crippen LogP contribution in [-0.2, 0) is 0 Å². The lowest BCUT2D eigenvalue weighted by molar-refractivity contribution is -0.482. The Morgan fingerprint density at radius 1 is 1.24 bits per heavy atom. The maximum Gasteiger partial charge on any atom is 0.210 e. The van der Waals surface area contributed by atoms with E-state index in [0.717, 1.165) is 5.56 Å². The Hall–Kier alpha value is -3.15. The van der Waals surface area contributed by atoms with Crippen LogP contribution < -0.4 is 4.74 Å². The molecule has 0 amide bonds. The molecule has 3 aromatic rings. The SMILES string of the molecule is COc1ccc(C(=O)c2coc3ccc(C(C)C[N+](=O)[O-])cc23)cc1. The number of hydrogen-bond donors (Lipinski definition) is 0. The zero-order chi connectivity index (χ0) is 18.0. The number of rotatable bonds is 6. The highest BCUT2D eigenvalue weighted by Gasteiger charge is 2.18. The Morgan fingerprint density at radius 2 is 1.96 bits per heavy atom. The van der Waals surface area contributed by atoms with Gasteiger partial charge in [0, 0.05) is 21.8 Å². The van der Waals surface area contributed by atoms with Gasteiger partial charge in [-0.1, -0.05) is 13.0 Å². The number of fused-ring (bicyclic) bond motifs is 1. The molecule has 6 heteroatoms. The molecule has 25 heavy (non-hydrogen) atoms. The van der Waals surface area contributed by atoms with E-state index in [1.54, 1.807) is 56.5 Å². The molecule has 6 nitrogen and oxygen atoms in total. The minimum absolute atomic E-state index is 0.162. The van der Waals surface area contributed by atoms with Crippen molar-refractivity contribution in [2.45, 2.75) is 12.8 Å². The van der Waals surface area contributed by atoms with Crippen molar-refractivity contribution in [3.8, 4) is 5.75 Å². The summed E-state index contributed by atoms with van der Waals surface area (Å²) in [5, 5.41) is 11.4. The fraction of sp³-hybridized carbons (Fsp3) is 0.211. The molecule has 0 radical (unpaired) electrons. The van der Waals surface area contributed by atoms with Gasteiger partial charge in [0.1, 0.15) is 17.6 Å². The molecular weight excluding hydrogens is 322 g/mol. The summed E-state index contributed by atoms with van der Waals surface area (Å²) < 4.78 is 10.6. The fourth-order valence-electron chi connectivity index (χ4n) is 2.76. The number of carbonyl (C=O) groups excluding carboxylic acids is 1. The van der Waals surface area contributed by atoms with Crippen molar-refractivity contribution in [1.82, 2.24) is 0 Å². The van der Waals surface area contributed by atoms with Crippen LogP contribution in [0.5, 0.6) is 5.75 Å². The molecule has 0 aliphatic carbocycles. The van der Waals surface area contributed by atoms with Gasteiger partial charge in [-0.2, -0.15) is 0 Å². The largest absolute Gasteiger partial charge is 0.497 e. The Bertz CT molecular complexity index is 927. The zero-order valence-electron chi connectivity index (χ0n) is 13.9. The van der Waals surface area contributed by atoms with Crippen molar-refractivity contribution in [2.75, 3.05) is 13.7 Å². The molecule has 1 atom stereocenters. The molecule has 2 aromatic carbocycles. The average Bonchev–Trinajstić information content (AvgIpc) is 3.03. The molecule has 0 bridgehead atoms. The predicted molar refractivity (Wildman–Crippen MR) is 92.9 cm³/mol. The monoisotopic (exact) mass is 339 g/mol. The van der Waals surface area contributed by atoms with Crippen molar-refractivity contribution in [1.29, 1.82) is 0 Å². The number of benzene rings is 2. The summed E-state index contributed by atoms with van der Waals surface area (Å²) in [7, 11) is 1.56. The summed E-state index contributed by atoms with van der Waals surface area (Å²) in [6.07, 6.45) is 1.43. The van der Waals surface area contributed by atoms with Crippen molar-refractivity contribution >= 4 is 16.8 Å². The molecular formula is C19H17NO5. The Morgan fingerprint density at radius 3 is 2.60 bits per heavy atom. The van der Waals surface area contributed by atoms with Crippen molar-refractivity contribution in [2.24, 2.45) is 0 Å². The predicted octanol–water partition coefficient (Wildman–Crippen LogP) is 4.05. The van der Waals surface area contributed by atoms with Gasteiger partial charge in [0.2, 0.25) is 6.54 Å². The molecule has 0 aliphatic rings. The number of methoxy groups -OCH3 is 1. The van der Waals surface area contributed by atoms with E-state index in [2.05, 4.69) is 0 Å². The van der Waals surface area contributed by atoms with E-state index >= 15 is 0 Å². The van der Waals surface area contributed by atoms with E-state index in [1.165, 1.54) is 6.26 Å². The maximum absolute atomic E-state index is 12.8. The topological polar surface area (TPSA) is 82.6 Å². The average molecular weight is 339 g/mol. The smallest absolute Gasteiger partial charge is 0.210 e. The van der Waals surface area contributed by atoms with E-state index in [0.29, 0.717) is 27.8 Å². The molecule has 1 unspecified atom stereocenters. The van der Waals surface area contributed by atoms with Gasteiger partial charge in [-0.05, 0) is 42.0 Å². The molecule has 128 valence electrons. The molecule has 1 heterocycles. The molecule has 0 N–H and O–H groups in total. The number of ether oxygens (including phenoxy) is 1. The second-order valence-corrected chi connectivity index (χ2v) is 5.88. The number of hydrogen-bond acceptors (Lipinski definition) is 5. The third-order valence-electron chi connectivity index (χ3n) is 4.19. The normalized spacial score (nSPS) is 12.1. The lowest BCUT2D eigenvalue weighted by atomic mass is 9.97. The first-order valence-electron chi connectivity index (χ1n) is 7.81. The lowest BCUT2D eigenvalue weighted by Crippen LogP contribution is -2.09. The van der Waals surface area contributed by atoms with E-state index in [9.17, 15) is 14.9 Å². The molecule has 0 fully saturated rings. The highest BCUT2D eigenvalue weighted by atomic mass is 16.6. The molecule has 0 saturated carbocycles. The summed E-state index contributed by atoms with van der Waals surface area (Å²) >= 11 is 0. The van der Waals surface area contributed by atoms with Crippen LogP contribution in [0.3, 0.4) is 0 Å². The summed E-state index contributed by atoms with van der Waals surface area (Å²) in [5.41, 5.74) is 2.34. The summed E-state index contributed by atoms with van der Waals surface area (Å²) in [5.74, 6) is 0.253. The number of furan rings is 1. The van der Waals surface area contributed by atoms with Crippen LogP contribution in [0, 0.1) is 10.1 Å². The van der Waals surface area contributed by atoms with Crippen LogP contribution in [0.1, 0.15) is 34.3 Å². The number of nitrogens with zero attached hydrogens (tertiary/aromatic N) is 1. The van der Waals surface area contributed by atoms with Crippen molar-refractivity contribution in [3.05, 3.63) is 75.5 Å². The second kappa shape index (κ2) is 6.76. The van der Waals surface area contributed by atoms with Crippen LogP contribution >= 0.6 is 0 Å². The van der Waals surface area contributed by atoms with Crippen molar-refractivity contribution < 1.29 is 18.9 Å². The number of ketones is 1. The Balaban J connectivity index is 1.97. The van der Waals surface area contributed by atoms with Gasteiger partial charge >= 0.3 is 0 Å². The first-order valence-corrected chi connectivity index (χ1v) is 7.81. The molecule has 0 spiro atoms. The van der Waals surface area contributed by atoms with Crippen molar-refractivity contribution in [3.63, 3.8) is 0 Å². The molecule has 0 saturated heterocycles. The third kappa shape index (κ3) is 3.38. The molecule has 3 rings (SSSR count). The van der Waals surface area contributed by atoms with Gasteiger partial charge in [0.05, 0.1) is 12.7 Å². The Labute approximate surface area is 144 Å². The van der Waals surface area contributed by atoms with Gasteiger partial charge in [-0.25, -0.2) is 0 Å². The van der Waals surface area contributed by atoms with E-state index in [1.807, 2.05) is 0 Å². The third-order valence-corrected chi connectivity index (χ3v) is 4.19. The number of nitro groups is 1. The lowest BCUT2D eigenvalue weighted by Gasteiger charge is -2.07. The second-order valence-electron chi connectivity index (χ2n) is 5.88. The maximum atomic E-state index is 12.8. The minimum Gasteiger partial charge on any atom is -0.497 e. The molecule has 0 aliphatic heterocycles. The van der Waals surface area contributed by atoms with Crippen LogP contribution in [0.4, 0.5) is 0 Å². The van der Waals surface area contributed by atoms with E-state index in [-0.39, 0.29) is 23.2 Å². The van der Waals surface area contributed by atoms with Gasteiger partial charge in [0.15, 0.2) is 5.78 Å². The van der Waals surface area contributed by atoms with Crippen LogP contribution in [0.25, 0.3) is 11.0 Å². The first kappa shape index (κ1) is 16.7. The number of carbonyl (C=O) groups is 1. The minimum atomic E-state index is -0.340. The zero-order valence-corrected chi connectivity index (χ0v) is 13.9. The summed E-state index contributed by atoms with van der Waals surface area (Å²) in [4.78, 5) is 23.2. The van der Waals surface area contributed by atoms with Gasteiger partial charge < -0.3 is 9.15 Å². The van der Waals surface area contributed by atoms with Crippen LogP contribution in [0.2, 0.25) is 0 Å². The highest BCUT2D eigenvalue weighted by Crippen LogP contribution is 2.28.